The molecule has 17 heavy (non-hydrogen) atoms. The molecule has 0 aliphatic heterocycles. The standard InChI is InChI=1S/C13H13ClN2O/c1-9(2)16-13(5-6-15-16)10-3-4-11(8-17)12(14)7-10/h3-9H,1-2H3. The summed E-state index contributed by atoms with van der Waals surface area (Å²) in [5, 5.41) is 4.74. The van der Waals surface area contributed by atoms with Gasteiger partial charge in [0.2, 0.25) is 0 Å². The molecule has 0 spiro atoms. The van der Waals surface area contributed by atoms with Crippen LogP contribution in [0.3, 0.4) is 0 Å². The van der Waals surface area contributed by atoms with Gasteiger partial charge in [-0.05, 0) is 32.0 Å². The molecule has 0 aliphatic carbocycles. The molecule has 1 aromatic carbocycles. The van der Waals surface area contributed by atoms with Crippen LogP contribution in [0, 0.1) is 0 Å². The fraction of sp³-hybridized carbons (Fsp3) is 0.231. The van der Waals surface area contributed by atoms with E-state index in [2.05, 4.69) is 18.9 Å². The lowest BCUT2D eigenvalue weighted by atomic mass is 10.1. The van der Waals surface area contributed by atoms with E-state index >= 15 is 0 Å². The fourth-order valence-electron chi connectivity index (χ4n) is 1.74. The second-order valence-electron chi connectivity index (χ2n) is 4.11. The van der Waals surface area contributed by atoms with Crippen LogP contribution in [0.2, 0.25) is 5.02 Å². The first-order valence-corrected chi connectivity index (χ1v) is 5.80. The van der Waals surface area contributed by atoms with Crippen molar-refractivity contribution >= 4 is 17.9 Å². The van der Waals surface area contributed by atoms with Crippen LogP contribution in [0.15, 0.2) is 30.5 Å². The summed E-state index contributed by atoms with van der Waals surface area (Å²) in [5.74, 6) is 0. The minimum Gasteiger partial charge on any atom is -0.298 e. The highest BCUT2D eigenvalue weighted by Gasteiger charge is 2.09. The first-order valence-electron chi connectivity index (χ1n) is 5.42. The van der Waals surface area contributed by atoms with Crippen molar-refractivity contribution in [2.24, 2.45) is 0 Å². The predicted octanol–water partition coefficient (Wildman–Crippen LogP) is 3.60. The molecule has 0 radical (unpaired) electrons. The molecule has 2 aromatic rings. The van der Waals surface area contributed by atoms with E-state index in [1.165, 1.54) is 0 Å². The van der Waals surface area contributed by atoms with Crippen molar-refractivity contribution in [3.8, 4) is 11.3 Å². The molecule has 0 saturated carbocycles. The third kappa shape index (κ3) is 2.24. The summed E-state index contributed by atoms with van der Waals surface area (Å²) in [6.45, 7) is 4.13. The lowest BCUT2D eigenvalue weighted by molar-refractivity contribution is 0.112. The number of aldehydes is 1. The van der Waals surface area contributed by atoms with Crippen molar-refractivity contribution in [2.75, 3.05) is 0 Å². The third-order valence-electron chi connectivity index (χ3n) is 2.58. The van der Waals surface area contributed by atoms with Gasteiger partial charge in [0, 0.05) is 23.4 Å². The minimum absolute atomic E-state index is 0.282. The number of nitrogens with zero attached hydrogens (tertiary/aromatic N) is 2. The van der Waals surface area contributed by atoms with E-state index in [4.69, 9.17) is 11.6 Å². The molecule has 0 saturated heterocycles. The largest absolute Gasteiger partial charge is 0.298 e. The van der Waals surface area contributed by atoms with Gasteiger partial charge in [-0.25, -0.2) is 0 Å². The number of halogens is 1. The van der Waals surface area contributed by atoms with Crippen molar-refractivity contribution in [1.82, 2.24) is 9.78 Å². The van der Waals surface area contributed by atoms with Crippen LogP contribution < -0.4 is 0 Å². The Morgan fingerprint density at radius 2 is 2.12 bits per heavy atom. The molecule has 0 N–H and O–H groups in total. The molecule has 2 rings (SSSR count). The smallest absolute Gasteiger partial charge is 0.151 e. The van der Waals surface area contributed by atoms with E-state index in [0.29, 0.717) is 10.6 Å². The molecule has 1 heterocycles. The average Bonchev–Trinajstić information content (AvgIpc) is 2.77. The quantitative estimate of drug-likeness (QED) is 0.778. The van der Waals surface area contributed by atoms with Crippen LogP contribution in [0.1, 0.15) is 30.2 Å². The summed E-state index contributed by atoms with van der Waals surface area (Å²) in [6.07, 6.45) is 2.52. The number of carbonyl (C=O) groups is 1. The summed E-state index contributed by atoms with van der Waals surface area (Å²) < 4.78 is 1.92. The fourth-order valence-corrected chi connectivity index (χ4v) is 1.96. The lowest BCUT2D eigenvalue weighted by Gasteiger charge is -2.11. The van der Waals surface area contributed by atoms with E-state index < -0.39 is 0 Å². The Morgan fingerprint density at radius 1 is 1.35 bits per heavy atom. The van der Waals surface area contributed by atoms with Crippen LogP contribution >= 0.6 is 11.6 Å². The predicted molar refractivity (Wildman–Crippen MR) is 68.4 cm³/mol. The molecule has 0 bridgehead atoms. The highest BCUT2D eigenvalue weighted by atomic mass is 35.5. The van der Waals surface area contributed by atoms with Gasteiger partial charge in [0.25, 0.3) is 0 Å². The number of aromatic nitrogens is 2. The molecule has 88 valence electrons. The van der Waals surface area contributed by atoms with Crippen molar-refractivity contribution in [1.29, 1.82) is 0 Å². The Kier molecular flexibility index (Phi) is 3.29. The Morgan fingerprint density at radius 3 is 2.71 bits per heavy atom. The monoisotopic (exact) mass is 248 g/mol. The van der Waals surface area contributed by atoms with Gasteiger partial charge in [0.1, 0.15) is 0 Å². The topological polar surface area (TPSA) is 34.9 Å². The van der Waals surface area contributed by atoms with Crippen LogP contribution in [0.4, 0.5) is 0 Å². The van der Waals surface area contributed by atoms with Crippen molar-refractivity contribution < 1.29 is 4.79 Å². The normalized spacial score (nSPS) is 10.8. The van der Waals surface area contributed by atoms with Crippen molar-refractivity contribution in [3.63, 3.8) is 0 Å². The molecule has 3 nitrogen and oxygen atoms in total. The highest BCUT2D eigenvalue weighted by molar-refractivity contribution is 6.33. The van der Waals surface area contributed by atoms with E-state index in [9.17, 15) is 4.79 Å². The van der Waals surface area contributed by atoms with E-state index in [-0.39, 0.29) is 6.04 Å². The number of hydrogen-bond donors (Lipinski definition) is 0. The summed E-state index contributed by atoms with van der Waals surface area (Å²) >= 11 is 6.02. The van der Waals surface area contributed by atoms with E-state index in [1.54, 1.807) is 18.3 Å². The summed E-state index contributed by atoms with van der Waals surface area (Å²) in [4.78, 5) is 10.7. The van der Waals surface area contributed by atoms with Gasteiger partial charge in [-0.1, -0.05) is 17.7 Å². The summed E-state index contributed by atoms with van der Waals surface area (Å²) in [7, 11) is 0. The molecule has 1 aromatic heterocycles. The molecule has 0 aliphatic rings. The van der Waals surface area contributed by atoms with Crippen LogP contribution in [-0.2, 0) is 0 Å². The number of rotatable bonds is 3. The molecule has 4 heteroatoms. The zero-order valence-electron chi connectivity index (χ0n) is 9.72. The maximum Gasteiger partial charge on any atom is 0.151 e. The molecular formula is C13H13ClN2O. The SMILES string of the molecule is CC(C)n1nccc1-c1ccc(C=O)c(Cl)c1. The van der Waals surface area contributed by atoms with Crippen LogP contribution in [-0.4, -0.2) is 16.1 Å². The average molecular weight is 249 g/mol. The third-order valence-corrected chi connectivity index (χ3v) is 2.91. The van der Waals surface area contributed by atoms with Gasteiger partial charge in [-0.3, -0.25) is 9.48 Å². The summed E-state index contributed by atoms with van der Waals surface area (Å²) in [6, 6.07) is 7.62. The molecule has 0 unspecified atom stereocenters. The van der Waals surface area contributed by atoms with Crippen molar-refractivity contribution in [2.45, 2.75) is 19.9 Å². The first kappa shape index (κ1) is 11.9. The second kappa shape index (κ2) is 4.72. The van der Waals surface area contributed by atoms with Crippen LogP contribution in [0.5, 0.6) is 0 Å². The van der Waals surface area contributed by atoms with Gasteiger partial charge < -0.3 is 0 Å². The Balaban J connectivity index is 2.50. The van der Waals surface area contributed by atoms with Gasteiger partial charge in [0.05, 0.1) is 10.7 Å². The molecular weight excluding hydrogens is 236 g/mol. The van der Waals surface area contributed by atoms with Gasteiger partial charge in [-0.2, -0.15) is 5.10 Å². The Labute approximate surface area is 105 Å². The zero-order chi connectivity index (χ0) is 12.4. The number of carbonyl (C=O) groups excluding carboxylic acids is 1. The van der Waals surface area contributed by atoms with Gasteiger partial charge in [-0.15, -0.1) is 0 Å². The van der Waals surface area contributed by atoms with E-state index in [0.717, 1.165) is 17.5 Å². The Bertz CT molecular complexity index is 546. The maximum atomic E-state index is 10.7. The van der Waals surface area contributed by atoms with Gasteiger partial charge in [0.15, 0.2) is 6.29 Å². The van der Waals surface area contributed by atoms with Crippen molar-refractivity contribution in [3.05, 3.63) is 41.0 Å². The maximum absolute atomic E-state index is 10.7. The first-order chi connectivity index (χ1) is 8.13. The Hall–Kier alpha value is -1.61. The molecule has 0 amide bonds. The minimum atomic E-state index is 0.282. The number of hydrogen-bond acceptors (Lipinski definition) is 2. The molecule has 0 fully saturated rings. The second-order valence-corrected chi connectivity index (χ2v) is 4.52. The highest BCUT2D eigenvalue weighted by Crippen LogP contribution is 2.26. The zero-order valence-corrected chi connectivity index (χ0v) is 10.5. The van der Waals surface area contributed by atoms with Gasteiger partial charge >= 0.3 is 0 Å². The van der Waals surface area contributed by atoms with Crippen LogP contribution in [0.25, 0.3) is 11.3 Å². The molecule has 0 atom stereocenters. The number of benzene rings is 1. The van der Waals surface area contributed by atoms with E-state index in [1.807, 2.05) is 16.8 Å². The summed E-state index contributed by atoms with van der Waals surface area (Å²) in [5.41, 5.74) is 2.47. The lowest BCUT2D eigenvalue weighted by Crippen LogP contribution is -2.04.